The predicted molar refractivity (Wildman–Crippen MR) is 73.5 cm³/mol. The molecule has 17 heavy (non-hydrogen) atoms. The summed E-state index contributed by atoms with van der Waals surface area (Å²) < 4.78 is 0. The van der Waals surface area contributed by atoms with Crippen LogP contribution in [0.15, 0.2) is 12.4 Å². The molecule has 0 aromatic carbocycles. The molecule has 1 N–H and O–H groups in total. The number of aromatic nitrogens is 2. The van der Waals surface area contributed by atoms with E-state index in [0.29, 0.717) is 0 Å². The van der Waals surface area contributed by atoms with Gasteiger partial charge in [0.2, 0.25) is 0 Å². The van der Waals surface area contributed by atoms with E-state index in [0.717, 1.165) is 36.4 Å². The summed E-state index contributed by atoms with van der Waals surface area (Å²) in [5.74, 6) is 2.22. The van der Waals surface area contributed by atoms with Gasteiger partial charge in [0.25, 0.3) is 0 Å². The fourth-order valence-corrected chi connectivity index (χ4v) is 3.17. The maximum Gasteiger partial charge on any atom is 0.147 e. The zero-order chi connectivity index (χ0) is 12.1. The lowest BCUT2D eigenvalue weighted by atomic mass is 10.3. The van der Waals surface area contributed by atoms with Crippen LogP contribution in [0.4, 0.5) is 5.82 Å². The van der Waals surface area contributed by atoms with Crippen LogP contribution in [-0.2, 0) is 6.54 Å². The minimum absolute atomic E-state index is 0.735. The van der Waals surface area contributed by atoms with Gasteiger partial charge in [-0.05, 0) is 13.5 Å². The van der Waals surface area contributed by atoms with Crippen molar-refractivity contribution < 1.29 is 0 Å². The van der Waals surface area contributed by atoms with Crippen LogP contribution in [0.25, 0.3) is 0 Å². The van der Waals surface area contributed by atoms with E-state index in [4.69, 9.17) is 0 Å². The molecule has 1 aromatic heterocycles. The molecule has 0 aliphatic carbocycles. The minimum atomic E-state index is 0.735. The van der Waals surface area contributed by atoms with Gasteiger partial charge in [-0.3, -0.25) is 4.98 Å². The van der Waals surface area contributed by atoms with Crippen molar-refractivity contribution in [1.29, 1.82) is 0 Å². The van der Waals surface area contributed by atoms with Gasteiger partial charge in [-0.1, -0.05) is 6.92 Å². The molecule has 1 aromatic rings. The Bertz CT molecular complexity index is 358. The molecule has 2 heterocycles. The molecular weight excluding hydrogens is 232 g/mol. The molecule has 1 unspecified atom stereocenters. The summed E-state index contributed by atoms with van der Waals surface area (Å²) in [7, 11) is 1.93. The van der Waals surface area contributed by atoms with E-state index in [9.17, 15) is 0 Å². The molecule has 1 aliphatic heterocycles. The second kappa shape index (κ2) is 6.21. The summed E-state index contributed by atoms with van der Waals surface area (Å²) in [6.07, 6.45) is 4.93. The summed E-state index contributed by atoms with van der Waals surface area (Å²) in [4.78, 5) is 11.3. The van der Waals surface area contributed by atoms with E-state index in [1.54, 1.807) is 0 Å². The number of hydrogen-bond donors (Lipinski definition) is 1. The fourth-order valence-electron chi connectivity index (χ4n) is 1.99. The molecule has 0 amide bonds. The van der Waals surface area contributed by atoms with Gasteiger partial charge in [-0.25, -0.2) is 4.98 Å². The van der Waals surface area contributed by atoms with Crippen molar-refractivity contribution >= 4 is 17.6 Å². The topological polar surface area (TPSA) is 41.1 Å². The lowest BCUT2D eigenvalue weighted by Crippen LogP contribution is -2.38. The van der Waals surface area contributed by atoms with Crippen molar-refractivity contribution in [2.45, 2.75) is 25.1 Å². The predicted octanol–water partition coefficient (Wildman–Crippen LogP) is 1.53. The summed E-state index contributed by atoms with van der Waals surface area (Å²) in [5, 5.41) is 3.84. The molecule has 5 heteroatoms. The summed E-state index contributed by atoms with van der Waals surface area (Å²) >= 11 is 2.07. The van der Waals surface area contributed by atoms with Crippen LogP contribution in [0.3, 0.4) is 0 Å². The quantitative estimate of drug-likeness (QED) is 0.880. The van der Waals surface area contributed by atoms with Gasteiger partial charge >= 0.3 is 0 Å². The number of rotatable bonds is 4. The third-order valence-corrected chi connectivity index (χ3v) is 4.32. The van der Waals surface area contributed by atoms with Gasteiger partial charge in [-0.15, -0.1) is 0 Å². The van der Waals surface area contributed by atoms with E-state index in [-0.39, 0.29) is 0 Å². The summed E-state index contributed by atoms with van der Waals surface area (Å²) in [6.45, 7) is 5.21. The van der Waals surface area contributed by atoms with Gasteiger partial charge in [-0.2, -0.15) is 11.8 Å². The zero-order valence-electron chi connectivity index (χ0n) is 10.5. The van der Waals surface area contributed by atoms with Crippen molar-refractivity contribution in [3.05, 3.63) is 18.1 Å². The maximum atomic E-state index is 4.65. The van der Waals surface area contributed by atoms with Crippen molar-refractivity contribution in [1.82, 2.24) is 15.3 Å². The highest BCUT2D eigenvalue weighted by molar-refractivity contribution is 8.00. The molecule has 0 saturated carbocycles. The Kier molecular flexibility index (Phi) is 4.62. The molecule has 0 spiro atoms. The van der Waals surface area contributed by atoms with Crippen LogP contribution < -0.4 is 10.2 Å². The molecule has 1 saturated heterocycles. The van der Waals surface area contributed by atoms with E-state index in [1.807, 2.05) is 19.4 Å². The SMILES string of the molecule is CCC1CN(c2cncc(CNC)n2)CCS1. The number of anilines is 1. The van der Waals surface area contributed by atoms with Gasteiger partial charge in [0.15, 0.2) is 0 Å². The Morgan fingerprint density at radius 2 is 2.41 bits per heavy atom. The molecule has 4 nitrogen and oxygen atoms in total. The third kappa shape index (κ3) is 3.33. The first-order chi connectivity index (χ1) is 8.33. The normalized spacial score (nSPS) is 20.6. The van der Waals surface area contributed by atoms with Crippen molar-refractivity contribution in [3.8, 4) is 0 Å². The van der Waals surface area contributed by atoms with Gasteiger partial charge in [0, 0.05) is 36.8 Å². The average molecular weight is 252 g/mol. The van der Waals surface area contributed by atoms with E-state index in [1.165, 1.54) is 12.2 Å². The summed E-state index contributed by atoms with van der Waals surface area (Å²) in [5.41, 5.74) is 1.01. The smallest absolute Gasteiger partial charge is 0.147 e. The fraction of sp³-hybridized carbons (Fsp3) is 0.667. The Morgan fingerprint density at radius 1 is 1.53 bits per heavy atom. The highest BCUT2D eigenvalue weighted by atomic mass is 32.2. The Morgan fingerprint density at radius 3 is 3.18 bits per heavy atom. The number of thioether (sulfide) groups is 1. The van der Waals surface area contributed by atoms with Crippen LogP contribution in [0.1, 0.15) is 19.0 Å². The number of nitrogens with one attached hydrogen (secondary N) is 1. The molecule has 1 aliphatic rings. The van der Waals surface area contributed by atoms with E-state index < -0.39 is 0 Å². The van der Waals surface area contributed by atoms with Crippen molar-refractivity contribution in [2.24, 2.45) is 0 Å². The lowest BCUT2D eigenvalue weighted by Gasteiger charge is -2.32. The van der Waals surface area contributed by atoms with Crippen LogP contribution in [0.5, 0.6) is 0 Å². The van der Waals surface area contributed by atoms with Crippen LogP contribution in [0.2, 0.25) is 0 Å². The Labute approximate surface area is 107 Å². The number of nitrogens with zero attached hydrogens (tertiary/aromatic N) is 3. The van der Waals surface area contributed by atoms with Gasteiger partial charge in [0.1, 0.15) is 5.82 Å². The monoisotopic (exact) mass is 252 g/mol. The van der Waals surface area contributed by atoms with Crippen molar-refractivity contribution in [2.75, 3.05) is 30.8 Å². The van der Waals surface area contributed by atoms with Crippen molar-refractivity contribution in [3.63, 3.8) is 0 Å². The highest BCUT2D eigenvalue weighted by Crippen LogP contribution is 2.24. The highest BCUT2D eigenvalue weighted by Gasteiger charge is 2.20. The molecule has 0 radical (unpaired) electrons. The van der Waals surface area contributed by atoms with Crippen LogP contribution in [0, 0.1) is 0 Å². The first kappa shape index (κ1) is 12.6. The second-order valence-corrected chi connectivity index (χ2v) is 5.65. The van der Waals surface area contributed by atoms with Crippen LogP contribution in [-0.4, -0.2) is 41.1 Å². The minimum Gasteiger partial charge on any atom is -0.353 e. The lowest BCUT2D eigenvalue weighted by molar-refractivity contribution is 0.709. The first-order valence-corrected chi connectivity index (χ1v) is 7.20. The molecule has 0 bridgehead atoms. The van der Waals surface area contributed by atoms with E-state index >= 15 is 0 Å². The van der Waals surface area contributed by atoms with Crippen LogP contribution >= 0.6 is 11.8 Å². The average Bonchev–Trinajstić information content (AvgIpc) is 2.40. The second-order valence-electron chi connectivity index (χ2n) is 4.25. The van der Waals surface area contributed by atoms with Gasteiger partial charge in [0.05, 0.1) is 11.9 Å². The largest absolute Gasteiger partial charge is 0.353 e. The number of hydrogen-bond acceptors (Lipinski definition) is 5. The standard InChI is InChI=1S/C12H20N4S/c1-3-11-9-16(4-5-17-11)12-8-14-7-10(15-12)6-13-2/h7-8,11,13H,3-6,9H2,1-2H3. The van der Waals surface area contributed by atoms with E-state index in [2.05, 4.69) is 38.9 Å². The molecule has 2 rings (SSSR count). The third-order valence-electron chi connectivity index (χ3n) is 2.95. The molecule has 94 valence electrons. The zero-order valence-corrected chi connectivity index (χ0v) is 11.3. The maximum absolute atomic E-state index is 4.65. The molecular formula is C12H20N4S. The Hall–Kier alpha value is -0.810. The molecule has 1 fully saturated rings. The van der Waals surface area contributed by atoms with Gasteiger partial charge < -0.3 is 10.2 Å². The Balaban J connectivity index is 2.07. The summed E-state index contributed by atoms with van der Waals surface area (Å²) in [6, 6.07) is 0. The first-order valence-electron chi connectivity index (χ1n) is 6.15. The molecule has 1 atom stereocenters.